The molecule has 0 saturated carbocycles. The molecule has 0 aromatic carbocycles. The van der Waals surface area contributed by atoms with Crippen molar-refractivity contribution in [2.75, 3.05) is 13.1 Å². The first-order valence-electron chi connectivity index (χ1n) is 7.23. The lowest BCUT2D eigenvalue weighted by atomic mass is 10.1. The number of aromatic nitrogens is 2. The Balaban J connectivity index is 2.21. The highest BCUT2D eigenvalue weighted by Gasteiger charge is 2.27. The Bertz CT molecular complexity index is 360. The lowest BCUT2D eigenvalue weighted by Gasteiger charge is -2.35. The van der Waals surface area contributed by atoms with Crippen molar-refractivity contribution >= 4 is 0 Å². The first-order valence-corrected chi connectivity index (χ1v) is 7.23. The Morgan fingerprint density at radius 2 is 2.28 bits per heavy atom. The van der Waals surface area contributed by atoms with Crippen LogP contribution >= 0.6 is 0 Å². The zero-order chi connectivity index (χ0) is 13.0. The first kappa shape index (κ1) is 13.6. The van der Waals surface area contributed by atoms with Gasteiger partial charge in [0.15, 0.2) is 0 Å². The van der Waals surface area contributed by atoms with E-state index in [1.54, 1.807) is 0 Å². The van der Waals surface area contributed by atoms with Crippen molar-refractivity contribution in [3.05, 3.63) is 18.2 Å². The fourth-order valence-corrected chi connectivity index (χ4v) is 3.06. The lowest BCUT2D eigenvalue weighted by molar-refractivity contribution is 0.145. The molecule has 2 rings (SSSR count). The quantitative estimate of drug-likeness (QED) is 0.891. The molecule has 1 saturated heterocycles. The molecule has 4 heteroatoms. The molecule has 0 amide bonds. The molecular weight excluding hydrogens is 224 g/mol. The van der Waals surface area contributed by atoms with Crippen LogP contribution < -0.4 is 5.73 Å². The number of nitrogens with zero attached hydrogens (tertiary/aromatic N) is 3. The number of hydrogen-bond acceptors (Lipinski definition) is 3. The highest BCUT2D eigenvalue weighted by atomic mass is 15.2. The summed E-state index contributed by atoms with van der Waals surface area (Å²) in [6.07, 6.45) is 9.18. The zero-order valence-electron chi connectivity index (χ0n) is 11.7. The minimum atomic E-state index is 0.320. The molecule has 2 heterocycles. The minimum Gasteiger partial charge on any atom is -0.333 e. The highest BCUT2D eigenvalue weighted by Crippen LogP contribution is 2.27. The van der Waals surface area contributed by atoms with Gasteiger partial charge in [-0.15, -0.1) is 0 Å². The van der Waals surface area contributed by atoms with Gasteiger partial charge >= 0.3 is 0 Å². The topological polar surface area (TPSA) is 47.1 Å². The smallest absolute Gasteiger partial charge is 0.0948 e. The molecule has 0 bridgehead atoms. The molecule has 0 radical (unpaired) electrons. The van der Waals surface area contributed by atoms with Gasteiger partial charge in [0.25, 0.3) is 0 Å². The van der Waals surface area contributed by atoms with Crippen molar-refractivity contribution in [3.8, 4) is 0 Å². The number of imidazole rings is 1. The Kier molecular flexibility index (Phi) is 4.78. The standard InChI is InChI=1S/C14H26N4/c1-3-17-11-16-10-14(17)13(9-15)18-8-6-4-5-7-12(18)2/h10-13H,3-9,15H2,1-2H3. The number of nitrogens with two attached hydrogens (primary N) is 1. The van der Waals surface area contributed by atoms with Gasteiger partial charge in [-0.1, -0.05) is 12.8 Å². The second-order valence-electron chi connectivity index (χ2n) is 5.29. The van der Waals surface area contributed by atoms with Crippen LogP contribution in [0.15, 0.2) is 12.5 Å². The van der Waals surface area contributed by atoms with Crippen LogP contribution in [0.3, 0.4) is 0 Å². The van der Waals surface area contributed by atoms with Crippen molar-refractivity contribution in [2.24, 2.45) is 5.73 Å². The summed E-state index contributed by atoms with van der Waals surface area (Å²) in [5, 5.41) is 0. The molecule has 1 fully saturated rings. The molecule has 1 aliphatic heterocycles. The van der Waals surface area contributed by atoms with Gasteiger partial charge in [-0.25, -0.2) is 4.98 Å². The molecule has 102 valence electrons. The van der Waals surface area contributed by atoms with Gasteiger partial charge in [0, 0.05) is 25.3 Å². The van der Waals surface area contributed by atoms with Gasteiger partial charge in [0.05, 0.1) is 18.1 Å². The van der Waals surface area contributed by atoms with Gasteiger partial charge < -0.3 is 10.3 Å². The van der Waals surface area contributed by atoms with Crippen molar-refractivity contribution in [3.63, 3.8) is 0 Å². The van der Waals surface area contributed by atoms with Gasteiger partial charge in [-0.05, 0) is 33.2 Å². The summed E-state index contributed by atoms with van der Waals surface area (Å²) < 4.78 is 2.22. The summed E-state index contributed by atoms with van der Waals surface area (Å²) in [7, 11) is 0. The van der Waals surface area contributed by atoms with Gasteiger partial charge in [0.2, 0.25) is 0 Å². The van der Waals surface area contributed by atoms with Crippen LogP contribution in [-0.2, 0) is 6.54 Å². The third-order valence-electron chi connectivity index (χ3n) is 4.15. The van der Waals surface area contributed by atoms with E-state index < -0.39 is 0 Å². The van der Waals surface area contributed by atoms with Crippen LogP contribution in [0.5, 0.6) is 0 Å². The summed E-state index contributed by atoms with van der Waals surface area (Å²) in [4.78, 5) is 6.87. The molecular formula is C14H26N4. The van der Waals surface area contributed by atoms with Crippen LogP contribution in [0.25, 0.3) is 0 Å². The van der Waals surface area contributed by atoms with E-state index in [4.69, 9.17) is 5.73 Å². The van der Waals surface area contributed by atoms with E-state index in [0.717, 1.165) is 13.1 Å². The molecule has 2 atom stereocenters. The molecule has 18 heavy (non-hydrogen) atoms. The molecule has 2 N–H and O–H groups in total. The number of likely N-dealkylation sites (tertiary alicyclic amines) is 1. The average molecular weight is 250 g/mol. The third kappa shape index (κ3) is 2.75. The lowest BCUT2D eigenvalue weighted by Crippen LogP contribution is -2.40. The van der Waals surface area contributed by atoms with Gasteiger partial charge in [-0.2, -0.15) is 0 Å². The average Bonchev–Trinajstić information content (AvgIpc) is 2.75. The first-order chi connectivity index (χ1) is 8.77. The molecule has 2 unspecified atom stereocenters. The minimum absolute atomic E-state index is 0.320. The van der Waals surface area contributed by atoms with Crippen LogP contribution in [0.4, 0.5) is 0 Å². The summed E-state index contributed by atoms with van der Waals surface area (Å²) in [6.45, 7) is 7.30. The Morgan fingerprint density at radius 3 is 3.00 bits per heavy atom. The molecule has 0 aliphatic carbocycles. The van der Waals surface area contributed by atoms with E-state index in [-0.39, 0.29) is 0 Å². The Hall–Kier alpha value is -0.870. The summed E-state index contributed by atoms with van der Waals surface area (Å²) in [6, 6.07) is 0.946. The predicted molar refractivity (Wildman–Crippen MR) is 74.3 cm³/mol. The predicted octanol–water partition coefficient (Wildman–Crippen LogP) is 2.17. The van der Waals surface area contributed by atoms with E-state index in [1.165, 1.54) is 31.4 Å². The van der Waals surface area contributed by atoms with Crippen LogP contribution in [0.1, 0.15) is 51.3 Å². The van der Waals surface area contributed by atoms with Crippen molar-refractivity contribution in [2.45, 2.75) is 58.2 Å². The monoisotopic (exact) mass is 250 g/mol. The highest BCUT2D eigenvalue weighted by molar-refractivity contribution is 5.07. The second-order valence-corrected chi connectivity index (χ2v) is 5.29. The van der Waals surface area contributed by atoms with Crippen LogP contribution in [-0.4, -0.2) is 33.6 Å². The van der Waals surface area contributed by atoms with E-state index in [0.29, 0.717) is 18.6 Å². The third-order valence-corrected chi connectivity index (χ3v) is 4.15. The SMILES string of the molecule is CCn1cncc1C(CN)N1CCCCCC1C. The molecule has 1 aliphatic rings. The second kappa shape index (κ2) is 6.34. The maximum absolute atomic E-state index is 6.05. The number of rotatable bonds is 4. The van der Waals surface area contributed by atoms with Crippen LogP contribution in [0, 0.1) is 0 Å². The Labute approximate surface area is 110 Å². The maximum atomic E-state index is 6.05. The van der Waals surface area contributed by atoms with E-state index in [2.05, 4.69) is 28.3 Å². The molecule has 1 aromatic rings. The van der Waals surface area contributed by atoms with Crippen molar-refractivity contribution in [1.82, 2.24) is 14.5 Å². The summed E-state index contributed by atoms with van der Waals surface area (Å²) in [5.74, 6) is 0. The van der Waals surface area contributed by atoms with Crippen molar-refractivity contribution in [1.29, 1.82) is 0 Å². The fraction of sp³-hybridized carbons (Fsp3) is 0.786. The normalized spacial score (nSPS) is 23.8. The largest absolute Gasteiger partial charge is 0.333 e. The van der Waals surface area contributed by atoms with Gasteiger partial charge in [0.1, 0.15) is 0 Å². The summed E-state index contributed by atoms with van der Waals surface area (Å²) >= 11 is 0. The number of aryl methyl sites for hydroxylation is 1. The summed E-state index contributed by atoms with van der Waals surface area (Å²) in [5.41, 5.74) is 7.32. The fourth-order valence-electron chi connectivity index (χ4n) is 3.06. The van der Waals surface area contributed by atoms with Gasteiger partial charge in [-0.3, -0.25) is 4.90 Å². The molecule has 1 aromatic heterocycles. The zero-order valence-corrected chi connectivity index (χ0v) is 11.7. The van der Waals surface area contributed by atoms with E-state index in [9.17, 15) is 0 Å². The van der Waals surface area contributed by atoms with E-state index >= 15 is 0 Å². The van der Waals surface area contributed by atoms with Crippen LogP contribution in [0.2, 0.25) is 0 Å². The molecule has 4 nitrogen and oxygen atoms in total. The molecule has 0 spiro atoms. The van der Waals surface area contributed by atoms with Crippen molar-refractivity contribution < 1.29 is 0 Å². The number of hydrogen-bond donors (Lipinski definition) is 1. The Morgan fingerprint density at radius 1 is 1.44 bits per heavy atom. The maximum Gasteiger partial charge on any atom is 0.0948 e. The van der Waals surface area contributed by atoms with E-state index in [1.807, 2.05) is 12.5 Å².